The van der Waals surface area contributed by atoms with Crippen molar-refractivity contribution in [3.63, 3.8) is 0 Å². The second-order valence-electron chi connectivity index (χ2n) is 10.1. The highest BCUT2D eigenvalue weighted by atomic mass is 79.9. The Labute approximate surface area is 225 Å². The van der Waals surface area contributed by atoms with Crippen LogP contribution in [-0.4, -0.2) is 22.0 Å². The third-order valence-electron chi connectivity index (χ3n) is 8.38. The molecule has 2 amide bonds. The lowest BCUT2D eigenvalue weighted by molar-refractivity contribution is -0.137. The van der Waals surface area contributed by atoms with Crippen LogP contribution >= 0.6 is 39.0 Å². The van der Waals surface area contributed by atoms with Gasteiger partial charge in [0.2, 0.25) is 11.8 Å². The maximum atomic E-state index is 13.7. The summed E-state index contributed by atoms with van der Waals surface area (Å²) >= 11 is 6.25. The SMILES string of the molecule is O=C1C2C(C(=O)N1c1cccc(C(F)(F)F)c1)[C@@H]1C[C@H]2C2Sc3[nH]c(=O)sc3C(c3ccc(Br)cc3)C21. The topological polar surface area (TPSA) is 70.2 Å². The number of rotatable bonds is 2. The van der Waals surface area contributed by atoms with Crippen LogP contribution in [0.1, 0.15) is 28.3 Å². The smallest absolute Gasteiger partial charge is 0.307 e. The summed E-state index contributed by atoms with van der Waals surface area (Å²) in [6.07, 6.45) is -3.85. The molecule has 3 heterocycles. The number of benzene rings is 2. The minimum Gasteiger partial charge on any atom is -0.307 e. The van der Waals surface area contributed by atoms with Crippen molar-refractivity contribution in [3.05, 3.63) is 78.7 Å². The van der Waals surface area contributed by atoms with E-state index in [1.54, 1.807) is 11.8 Å². The van der Waals surface area contributed by atoms with Crippen LogP contribution < -0.4 is 9.77 Å². The van der Waals surface area contributed by atoms with E-state index in [1.165, 1.54) is 23.5 Å². The normalized spacial score (nSPS) is 32.0. The standard InChI is InChI=1S/C26H18BrF3N2O3S2/c27-12-6-4-10(5-7-12)16-17-14-9-15(20(17)36-22-21(16)37-25(35)31-22)19-18(14)23(33)32(24(19)34)13-3-1-2-11(8-13)26(28,29)30/h1-8,14-20H,9H2,(H,31,35)/t14-,15-,16?,17?,18?,19?,20?/m1/s1. The van der Waals surface area contributed by atoms with Crippen LogP contribution in [0.4, 0.5) is 18.9 Å². The number of aromatic nitrogens is 1. The van der Waals surface area contributed by atoms with Crippen LogP contribution in [0, 0.1) is 29.6 Å². The second kappa shape index (κ2) is 8.07. The van der Waals surface area contributed by atoms with Crippen LogP contribution in [0.15, 0.2) is 62.8 Å². The van der Waals surface area contributed by atoms with Crippen LogP contribution in [0.3, 0.4) is 0 Å². The van der Waals surface area contributed by atoms with E-state index in [1.807, 2.05) is 24.3 Å². The molecule has 1 N–H and O–H groups in total. The van der Waals surface area contributed by atoms with E-state index in [0.29, 0.717) is 0 Å². The molecule has 11 heteroatoms. The molecule has 7 rings (SSSR count). The molecule has 3 aromatic rings. The maximum absolute atomic E-state index is 13.7. The Hall–Kier alpha value is -2.37. The van der Waals surface area contributed by atoms with Gasteiger partial charge in [-0.25, -0.2) is 0 Å². The molecule has 7 atom stereocenters. The van der Waals surface area contributed by atoms with E-state index < -0.39 is 35.4 Å². The molecule has 2 saturated carbocycles. The Morgan fingerprint density at radius 1 is 0.973 bits per heavy atom. The van der Waals surface area contributed by atoms with E-state index in [2.05, 4.69) is 20.9 Å². The van der Waals surface area contributed by atoms with Gasteiger partial charge < -0.3 is 4.98 Å². The zero-order chi connectivity index (χ0) is 25.8. The van der Waals surface area contributed by atoms with E-state index in [-0.39, 0.29) is 39.5 Å². The molecule has 190 valence electrons. The molecular weight excluding hydrogens is 589 g/mol. The van der Waals surface area contributed by atoms with Crippen molar-refractivity contribution in [2.45, 2.75) is 28.8 Å². The fourth-order valence-electron chi connectivity index (χ4n) is 7.14. The lowest BCUT2D eigenvalue weighted by atomic mass is 9.68. The number of thioether (sulfide) groups is 1. The molecule has 4 aliphatic rings. The molecule has 2 aliphatic carbocycles. The lowest BCUT2D eigenvalue weighted by Crippen LogP contribution is -2.42. The molecule has 2 bridgehead atoms. The summed E-state index contributed by atoms with van der Waals surface area (Å²) in [5.41, 5.74) is 0.131. The quantitative estimate of drug-likeness (QED) is 0.369. The van der Waals surface area contributed by atoms with Crippen molar-refractivity contribution >= 4 is 56.5 Å². The van der Waals surface area contributed by atoms with Crippen LogP contribution in [0.2, 0.25) is 0 Å². The van der Waals surface area contributed by atoms with E-state index in [4.69, 9.17) is 0 Å². The van der Waals surface area contributed by atoms with Gasteiger partial charge in [-0.2, -0.15) is 13.2 Å². The Balaban J connectivity index is 1.30. The molecule has 37 heavy (non-hydrogen) atoms. The van der Waals surface area contributed by atoms with Crippen molar-refractivity contribution in [2.75, 3.05) is 4.90 Å². The third-order valence-corrected chi connectivity index (χ3v) is 11.5. The van der Waals surface area contributed by atoms with Gasteiger partial charge in [0, 0.05) is 20.5 Å². The predicted molar refractivity (Wildman–Crippen MR) is 137 cm³/mol. The van der Waals surface area contributed by atoms with Gasteiger partial charge in [-0.05, 0) is 60.1 Å². The van der Waals surface area contributed by atoms with Crippen molar-refractivity contribution in [1.29, 1.82) is 0 Å². The van der Waals surface area contributed by atoms with Gasteiger partial charge in [0.25, 0.3) is 0 Å². The van der Waals surface area contributed by atoms with Crippen molar-refractivity contribution in [1.82, 2.24) is 4.98 Å². The van der Waals surface area contributed by atoms with Gasteiger partial charge in [0.1, 0.15) is 0 Å². The average Bonchev–Trinajstić information content (AvgIpc) is 3.58. The third kappa shape index (κ3) is 3.39. The summed E-state index contributed by atoms with van der Waals surface area (Å²) in [5.74, 6) is -2.19. The summed E-state index contributed by atoms with van der Waals surface area (Å²) in [7, 11) is 0. The Morgan fingerprint density at radius 2 is 1.68 bits per heavy atom. The van der Waals surface area contributed by atoms with E-state index in [9.17, 15) is 27.6 Å². The number of hydrogen-bond acceptors (Lipinski definition) is 5. The average molecular weight is 607 g/mol. The summed E-state index contributed by atoms with van der Waals surface area (Å²) in [6, 6.07) is 12.4. The number of nitrogens with zero attached hydrogens (tertiary/aromatic N) is 1. The zero-order valence-electron chi connectivity index (χ0n) is 18.9. The van der Waals surface area contributed by atoms with Gasteiger partial charge in [-0.3, -0.25) is 19.3 Å². The molecule has 1 aromatic heterocycles. The summed E-state index contributed by atoms with van der Waals surface area (Å²) in [6.45, 7) is 0. The fraction of sp³-hybridized carbons (Fsp3) is 0.346. The highest BCUT2D eigenvalue weighted by molar-refractivity contribution is 9.10. The summed E-state index contributed by atoms with van der Waals surface area (Å²) in [5, 5.41) is 0.843. The number of thiazole rings is 1. The fourth-order valence-corrected chi connectivity index (χ4v) is 10.3. The minimum absolute atomic E-state index is 0.0239. The van der Waals surface area contributed by atoms with Gasteiger partial charge >= 0.3 is 11.0 Å². The molecule has 5 unspecified atom stereocenters. The Morgan fingerprint density at radius 3 is 2.38 bits per heavy atom. The van der Waals surface area contributed by atoms with Gasteiger partial charge in [-0.15, -0.1) is 11.8 Å². The maximum Gasteiger partial charge on any atom is 0.416 e. The van der Waals surface area contributed by atoms with Crippen LogP contribution in [-0.2, 0) is 15.8 Å². The van der Waals surface area contributed by atoms with Gasteiger partial charge in [0.05, 0.1) is 28.1 Å². The van der Waals surface area contributed by atoms with Crippen LogP contribution in [0.25, 0.3) is 0 Å². The number of anilines is 1. The van der Waals surface area contributed by atoms with E-state index >= 15 is 0 Å². The number of alkyl halides is 3. The first kappa shape index (κ1) is 23.7. The van der Waals surface area contributed by atoms with Crippen molar-refractivity contribution in [3.8, 4) is 0 Å². The first-order chi connectivity index (χ1) is 17.6. The number of aromatic amines is 1. The number of carbonyl (C=O) groups excluding carboxylic acids is 2. The Kier molecular flexibility index (Phi) is 5.17. The highest BCUT2D eigenvalue weighted by Gasteiger charge is 2.69. The summed E-state index contributed by atoms with van der Waals surface area (Å²) < 4.78 is 41.0. The van der Waals surface area contributed by atoms with Gasteiger partial charge in [0.15, 0.2) is 0 Å². The first-order valence-corrected chi connectivity index (χ1v) is 14.3. The molecule has 0 radical (unpaired) electrons. The minimum atomic E-state index is -4.57. The number of halogens is 4. The number of nitrogens with one attached hydrogen (secondary N) is 1. The molecule has 2 aliphatic heterocycles. The molecule has 0 spiro atoms. The number of carbonyl (C=O) groups is 2. The molecule has 2 aromatic carbocycles. The van der Waals surface area contributed by atoms with Crippen molar-refractivity contribution < 1.29 is 22.8 Å². The van der Waals surface area contributed by atoms with Crippen molar-refractivity contribution in [2.24, 2.45) is 29.6 Å². The van der Waals surface area contributed by atoms with Gasteiger partial charge in [-0.1, -0.05) is 45.5 Å². The number of H-pyrrole nitrogens is 1. The molecule has 1 saturated heterocycles. The van der Waals surface area contributed by atoms with Crippen LogP contribution in [0.5, 0.6) is 0 Å². The zero-order valence-corrected chi connectivity index (χ0v) is 22.1. The molecular formula is C26H18BrF3N2O3S2. The monoisotopic (exact) mass is 606 g/mol. The molecule has 5 nitrogen and oxygen atoms in total. The first-order valence-electron chi connectivity index (χ1n) is 11.8. The lowest BCUT2D eigenvalue weighted by Gasteiger charge is -2.43. The summed E-state index contributed by atoms with van der Waals surface area (Å²) in [4.78, 5) is 44.4. The highest BCUT2D eigenvalue weighted by Crippen LogP contribution is 2.68. The Bertz CT molecular complexity index is 1520. The molecule has 3 fully saturated rings. The number of fused-ring (bicyclic) bond motifs is 9. The van der Waals surface area contributed by atoms with E-state index in [0.717, 1.165) is 43.4 Å². The predicted octanol–water partition coefficient (Wildman–Crippen LogP) is 5.90. The second-order valence-corrected chi connectivity index (χ2v) is 13.2. The number of imide groups is 1. The largest absolute Gasteiger partial charge is 0.416 e. The number of hydrogen-bond donors (Lipinski definition) is 1. The number of amides is 2.